The summed E-state index contributed by atoms with van der Waals surface area (Å²) in [5.74, 6) is -0.110. The Morgan fingerprint density at radius 3 is 2.60 bits per heavy atom. The Labute approximate surface area is 91.0 Å². The summed E-state index contributed by atoms with van der Waals surface area (Å²) in [6.45, 7) is 0.180. The second-order valence-corrected chi connectivity index (χ2v) is 5.62. The zero-order valence-electron chi connectivity index (χ0n) is 9.02. The lowest BCUT2D eigenvalue weighted by Gasteiger charge is -2.28. The molecular formula is C9H19NO4S. The molecule has 15 heavy (non-hydrogen) atoms. The summed E-state index contributed by atoms with van der Waals surface area (Å²) in [4.78, 5) is 0. The van der Waals surface area contributed by atoms with Gasteiger partial charge < -0.3 is 9.47 Å². The minimum absolute atomic E-state index is 0.110. The Morgan fingerprint density at radius 2 is 2.00 bits per heavy atom. The highest BCUT2D eigenvalue weighted by Gasteiger charge is 2.22. The van der Waals surface area contributed by atoms with Crippen molar-refractivity contribution >= 4 is 10.0 Å². The van der Waals surface area contributed by atoms with E-state index in [4.69, 9.17) is 14.6 Å². The third kappa shape index (κ3) is 5.46. The zero-order valence-corrected chi connectivity index (χ0v) is 9.83. The van der Waals surface area contributed by atoms with Crippen LogP contribution in [0.5, 0.6) is 0 Å². The summed E-state index contributed by atoms with van der Waals surface area (Å²) < 4.78 is 32.0. The molecule has 1 saturated carbocycles. The molecule has 2 N–H and O–H groups in total. The van der Waals surface area contributed by atoms with Gasteiger partial charge in [0.1, 0.15) is 0 Å². The average Bonchev–Trinajstić information content (AvgIpc) is 2.16. The van der Waals surface area contributed by atoms with Gasteiger partial charge in [0.25, 0.3) is 0 Å². The van der Waals surface area contributed by atoms with Gasteiger partial charge >= 0.3 is 0 Å². The average molecular weight is 237 g/mol. The summed E-state index contributed by atoms with van der Waals surface area (Å²) in [7, 11) is -1.71. The molecule has 0 aromatic carbocycles. The van der Waals surface area contributed by atoms with Gasteiger partial charge in [-0.1, -0.05) is 0 Å². The van der Waals surface area contributed by atoms with Crippen molar-refractivity contribution in [2.45, 2.75) is 37.9 Å². The van der Waals surface area contributed by atoms with Gasteiger partial charge in [-0.25, -0.2) is 13.6 Å². The van der Waals surface area contributed by atoms with Gasteiger partial charge in [-0.15, -0.1) is 0 Å². The Morgan fingerprint density at radius 1 is 1.33 bits per heavy atom. The van der Waals surface area contributed by atoms with E-state index in [1.807, 2.05) is 0 Å². The van der Waals surface area contributed by atoms with E-state index in [9.17, 15) is 8.42 Å². The Balaban J connectivity index is 2.21. The van der Waals surface area contributed by atoms with Crippen LogP contribution in [0.1, 0.15) is 25.7 Å². The van der Waals surface area contributed by atoms with Gasteiger partial charge in [0, 0.05) is 7.11 Å². The van der Waals surface area contributed by atoms with Crippen molar-refractivity contribution in [3.05, 3.63) is 0 Å². The number of methoxy groups -OCH3 is 1. The van der Waals surface area contributed by atoms with E-state index in [0.29, 0.717) is 0 Å². The Bertz CT molecular complexity index is 278. The number of ether oxygens (including phenoxy) is 2. The standard InChI is InChI=1S/C9H19NO4S/c1-13-8-3-2-4-9(7-8)14-5-6-15(10,11)12/h8-9H,2-7H2,1H3,(H2,10,11,12). The second kappa shape index (κ2) is 5.79. The number of sulfonamides is 1. The maximum atomic E-state index is 10.7. The first-order valence-electron chi connectivity index (χ1n) is 5.16. The topological polar surface area (TPSA) is 78.6 Å². The van der Waals surface area contributed by atoms with Crippen molar-refractivity contribution in [1.29, 1.82) is 0 Å². The third-order valence-electron chi connectivity index (χ3n) is 2.63. The van der Waals surface area contributed by atoms with E-state index >= 15 is 0 Å². The second-order valence-electron chi connectivity index (χ2n) is 3.88. The molecule has 0 heterocycles. The van der Waals surface area contributed by atoms with Crippen LogP contribution in [0.25, 0.3) is 0 Å². The van der Waals surface area contributed by atoms with Gasteiger partial charge in [0.15, 0.2) is 0 Å². The van der Waals surface area contributed by atoms with Crippen molar-refractivity contribution in [1.82, 2.24) is 0 Å². The molecule has 2 atom stereocenters. The zero-order chi connectivity index (χ0) is 11.3. The van der Waals surface area contributed by atoms with Crippen LogP contribution in [-0.4, -0.2) is 40.1 Å². The first-order valence-corrected chi connectivity index (χ1v) is 6.87. The van der Waals surface area contributed by atoms with Crippen LogP contribution in [0.3, 0.4) is 0 Å². The van der Waals surface area contributed by atoms with Crippen molar-refractivity contribution in [2.75, 3.05) is 19.5 Å². The summed E-state index contributed by atoms with van der Waals surface area (Å²) in [6, 6.07) is 0. The van der Waals surface area contributed by atoms with Gasteiger partial charge in [0.2, 0.25) is 10.0 Å². The van der Waals surface area contributed by atoms with E-state index < -0.39 is 10.0 Å². The lowest BCUT2D eigenvalue weighted by molar-refractivity contribution is -0.0246. The molecule has 0 radical (unpaired) electrons. The van der Waals surface area contributed by atoms with Crippen LogP contribution >= 0.6 is 0 Å². The highest BCUT2D eigenvalue weighted by molar-refractivity contribution is 7.89. The summed E-state index contributed by atoms with van der Waals surface area (Å²) >= 11 is 0. The van der Waals surface area contributed by atoms with Crippen molar-refractivity contribution < 1.29 is 17.9 Å². The van der Waals surface area contributed by atoms with Gasteiger partial charge in [-0.05, 0) is 25.7 Å². The van der Waals surface area contributed by atoms with Crippen LogP contribution in [0.4, 0.5) is 0 Å². The minimum Gasteiger partial charge on any atom is -0.381 e. The number of hydrogen-bond donors (Lipinski definition) is 1. The molecule has 0 saturated heterocycles. The molecule has 0 aromatic heterocycles. The lowest BCUT2D eigenvalue weighted by atomic mass is 9.95. The SMILES string of the molecule is COC1CCCC(OCCS(N)(=O)=O)C1. The largest absolute Gasteiger partial charge is 0.381 e. The smallest absolute Gasteiger partial charge is 0.211 e. The molecule has 1 rings (SSSR count). The summed E-state index contributed by atoms with van der Waals surface area (Å²) in [6.07, 6.45) is 4.32. The van der Waals surface area contributed by atoms with Crippen LogP contribution < -0.4 is 5.14 Å². The van der Waals surface area contributed by atoms with E-state index in [-0.39, 0.29) is 24.6 Å². The molecule has 6 heteroatoms. The fraction of sp³-hybridized carbons (Fsp3) is 1.00. The molecule has 1 aliphatic rings. The first kappa shape index (κ1) is 12.9. The molecule has 5 nitrogen and oxygen atoms in total. The monoisotopic (exact) mass is 237 g/mol. The highest BCUT2D eigenvalue weighted by atomic mass is 32.2. The predicted octanol–water partition coefficient (Wildman–Crippen LogP) is 0.249. The third-order valence-corrected chi connectivity index (χ3v) is 3.37. The van der Waals surface area contributed by atoms with Gasteiger partial charge in [-0.3, -0.25) is 0 Å². The fourth-order valence-electron chi connectivity index (χ4n) is 1.80. The molecular weight excluding hydrogens is 218 g/mol. The number of primary sulfonamides is 1. The predicted molar refractivity (Wildman–Crippen MR) is 57.0 cm³/mol. The van der Waals surface area contributed by atoms with Gasteiger partial charge in [-0.2, -0.15) is 0 Å². The molecule has 1 aliphatic carbocycles. The van der Waals surface area contributed by atoms with Gasteiger partial charge in [0.05, 0.1) is 24.6 Å². The Hall–Kier alpha value is -0.170. The maximum Gasteiger partial charge on any atom is 0.211 e. The minimum atomic E-state index is -3.40. The molecule has 0 spiro atoms. The molecule has 0 aliphatic heterocycles. The number of nitrogens with two attached hydrogens (primary N) is 1. The molecule has 2 unspecified atom stereocenters. The van der Waals surface area contributed by atoms with E-state index in [2.05, 4.69) is 0 Å². The molecule has 1 fully saturated rings. The fourth-order valence-corrected chi connectivity index (χ4v) is 2.13. The lowest BCUT2D eigenvalue weighted by Crippen LogP contribution is -2.29. The van der Waals surface area contributed by atoms with E-state index in [1.165, 1.54) is 0 Å². The molecule has 0 bridgehead atoms. The molecule has 0 amide bonds. The highest BCUT2D eigenvalue weighted by Crippen LogP contribution is 2.22. The molecule has 90 valence electrons. The number of rotatable bonds is 5. The van der Waals surface area contributed by atoms with Crippen molar-refractivity contribution in [3.8, 4) is 0 Å². The van der Waals surface area contributed by atoms with Crippen LogP contribution in [-0.2, 0) is 19.5 Å². The van der Waals surface area contributed by atoms with Crippen molar-refractivity contribution in [3.63, 3.8) is 0 Å². The van der Waals surface area contributed by atoms with Crippen molar-refractivity contribution in [2.24, 2.45) is 5.14 Å². The first-order chi connectivity index (χ1) is 7.01. The van der Waals surface area contributed by atoms with Crippen LogP contribution in [0.15, 0.2) is 0 Å². The summed E-state index contributed by atoms with van der Waals surface area (Å²) in [5.41, 5.74) is 0. The maximum absolute atomic E-state index is 10.7. The summed E-state index contributed by atoms with van der Waals surface area (Å²) in [5, 5.41) is 4.87. The van der Waals surface area contributed by atoms with Crippen LogP contribution in [0.2, 0.25) is 0 Å². The number of hydrogen-bond acceptors (Lipinski definition) is 4. The Kier molecular flexibility index (Phi) is 4.98. The molecule has 0 aromatic rings. The quantitative estimate of drug-likeness (QED) is 0.743. The van der Waals surface area contributed by atoms with E-state index in [0.717, 1.165) is 25.7 Å². The van der Waals surface area contributed by atoms with E-state index in [1.54, 1.807) is 7.11 Å². The normalized spacial score (nSPS) is 27.9. The van der Waals surface area contributed by atoms with Crippen LogP contribution in [0, 0.1) is 0 Å².